The Morgan fingerprint density at radius 1 is 1.27 bits per heavy atom. The third-order valence-corrected chi connectivity index (χ3v) is 6.10. The maximum atomic E-state index is 12.7. The van der Waals surface area contributed by atoms with Crippen LogP contribution < -0.4 is 5.73 Å². The zero-order valence-electron chi connectivity index (χ0n) is 12.4. The largest absolute Gasteiger partial charge is 0.340 e. The molecule has 1 aromatic carbocycles. The van der Waals surface area contributed by atoms with E-state index in [9.17, 15) is 4.79 Å². The Morgan fingerprint density at radius 2 is 2.00 bits per heavy atom. The Bertz CT molecular complexity index is 658. The number of hydrogen-bond acceptors (Lipinski definition) is 3. The molecule has 2 N–H and O–H groups in total. The number of nitrogens with zero attached hydrogens (tertiary/aromatic N) is 1. The first kappa shape index (κ1) is 15.7. The van der Waals surface area contributed by atoms with Gasteiger partial charge in [-0.25, -0.2) is 0 Å². The molecule has 0 saturated carbocycles. The molecule has 0 spiro atoms. The summed E-state index contributed by atoms with van der Waals surface area (Å²) in [4.78, 5) is 15.7. The number of amides is 1. The fraction of sp³-hybridized carbons (Fsp3) is 0.353. The fourth-order valence-corrected chi connectivity index (χ4v) is 4.49. The van der Waals surface area contributed by atoms with Crippen LogP contribution in [0.15, 0.2) is 46.3 Å². The average Bonchev–Trinajstić information content (AvgIpc) is 3.13. The topological polar surface area (TPSA) is 46.3 Å². The van der Waals surface area contributed by atoms with Crippen molar-refractivity contribution in [2.75, 3.05) is 13.1 Å². The molecule has 0 aliphatic carbocycles. The maximum absolute atomic E-state index is 12.7. The standard InChI is InChI=1S/C17H19BrN2OS/c1-11(15-7-8-16(18)22-15)17(21)20-9-13(14(19)10-20)12-5-3-2-4-6-12/h2-8,11,13-14H,9-10,19H2,1H3/t11?,13-,14+/m0/s1. The lowest BCUT2D eigenvalue weighted by Crippen LogP contribution is -2.34. The van der Waals surface area contributed by atoms with Gasteiger partial charge >= 0.3 is 0 Å². The Kier molecular flexibility index (Phi) is 4.66. The zero-order chi connectivity index (χ0) is 15.7. The second-order valence-electron chi connectivity index (χ2n) is 5.79. The molecule has 2 aromatic rings. The van der Waals surface area contributed by atoms with Gasteiger partial charge in [-0.1, -0.05) is 30.3 Å². The number of hydrogen-bond donors (Lipinski definition) is 1. The molecule has 1 aliphatic rings. The van der Waals surface area contributed by atoms with Crippen LogP contribution in [0.5, 0.6) is 0 Å². The fourth-order valence-electron chi connectivity index (χ4n) is 3.02. The minimum Gasteiger partial charge on any atom is -0.340 e. The van der Waals surface area contributed by atoms with Gasteiger partial charge in [0.2, 0.25) is 5.91 Å². The molecule has 22 heavy (non-hydrogen) atoms. The lowest BCUT2D eigenvalue weighted by Gasteiger charge is -2.20. The Labute approximate surface area is 143 Å². The highest BCUT2D eigenvalue weighted by Crippen LogP contribution is 2.32. The van der Waals surface area contributed by atoms with Crippen molar-refractivity contribution < 1.29 is 4.79 Å². The van der Waals surface area contributed by atoms with Gasteiger partial charge in [-0.3, -0.25) is 4.79 Å². The number of carbonyl (C=O) groups is 1. The monoisotopic (exact) mass is 378 g/mol. The molecule has 0 bridgehead atoms. The Hall–Kier alpha value is -1.17. The van der Waals surface area contributed by atoms with E-state index in [4.69, 9.17) is 5.73 Å². The molecule has 3 atom stereocenters. The van der Waals surface area contributed by atoms with E-state index in [1.807, 2.05) is 42.2 Å². The van der Waals surface area contributed by atoms with E-state index < -0.39 is 0 Å². The minimum absolute atomic E-state index is 0.00798. The van der Waals surface area contributed by atoms with Crippen LogP contribution >= 0.6 is 27.3 Å². The molecule has 0 radical (unpaired) electrons. The van der Waals surface area contributed by atoms with Crippen molar-refractivity contribution in [3.63, 3.8) is 0 Å². The normalized spacial score (nSPS) is 22.8. The molecule has 1 amide bonds. The number of halogens is 1. The van der Waals surface area contributed by atoms with Gasteiger partial charge in [-0.15, -0.1) is 11.3 Å². The van der Waals surface area contributed by atoms with E-state index in [1.165, 1.54) is 5.56 Å². The molecule has 1 aliphatic heterocycles. The van der Waals surface area contributed by atoms with Gasteiger partial charge in [0.15, 0.2) is 0 Å². The average molecular weight is 379 g/mol. The third-order valence-electron chi connectivity index (χ3n) is 4.30. The Balaban J connectivity index is 1.72. The zero-order valence-corrected chi connectivity index (χ0v) is 14.8. The van der Waals surface area contributed by atoms with Crippen LogP contribution in [-0.2, 0) is 4.79 Å². The van der Waals surface area contributed by atoms with E-state index in [0.29, 0.717) is 13.1 Å². The van der Waals surface area contributed by atoms with Crippen LogP contribution in [0.3, 0.4) is 0 Å². The number of carbonyl (C=O) groups excluding carboxylic acids is 1. The van der Waals surface area contributed by atoms with Crippen LogP contribution in [0.4, 0.5) is 0 Å². The smallest absolute Gasteiger partial charge is 0.230 e. The summed E-state index contributed by atoms with van der Waals surface area (Å²) in [5.41, 5.74) is 7.50. The molecule has 1 aromatic heterocycles. The van der Waals surface area contributed by atoms with Gasteiger partial charge in [-0.2, -0.15) is 0 Å². The summed E-state index contributed by atoms with van der Waals surface area (Å²) in [6.45, 7) is 3.32. The van der Waals surface area contributed by atoms with Crippen molar-refractivity contribution in [3.05, 3.63) is 56.7 Å². The summed E-state index contributed by atoms with van der Waals surface area (Å²) in [6, 6.07) is 14.3. The van der Waals surface area contributed by atoms with Crippen molar-refractivity contribution >= 4 is 33.2 Å². The van der Waals surface area contributed by atoms with Crippen molar-refractivity contribution in [3.8, 4) is 0 Å². The summed E-state index contributed by atoms with van der Waals surface area (Å²) in [5, 5.41) is 0. The number of likely N-dealkylation sites (tertiary alicyclic amines) is 1. The molecule has 5 heteroatoms. The second kappa shape index (κ2) is 6.52. The number of benzene rings is 1. The molecule has 1 unspecified atom stereocenters. The number of rotatable bonds is 3. The van der Waals surface area contributed by atoms with Gasteiger partial charge in [-0.05, 0) is 40.5 Å². The molecular weight excluding hydrogens is 360 g/mol. The number of thiophene rings is 1. The first-order chi connectivity index (χ1) is 10.6. The lowest BCUT2D eigenvalue weighted by atomic mass is 9.95. The lowest BCUT2D eigenvalue weighted by molar-refractivity contribution is -0.131. The highest BCUT2D eigenvalue weighted by molar-refractivity contribution is 9.11. The quantitative estimate of drug-likeness (QED) is 0.886. The van der Waals surface area contributed by atoms with E-state index in [1.54, 1.807) is 11.3 Å². The first-order valence-corrected chi connectivity index (χ1v) is 9.01. The summed E-state index contributed by atoms with van der Waals surface area (Å²) >= 11 is 5.08. The molecule has 116 valence electrons. The maximum Gasteiger partial charge on any atom is 0.230 e. The van der Waals surface area contributed by atoms with Gasteiger partial charge in [0, 0.05) is 29.9 Å². The van der Waals surface area contributed by atoms with Gasteiger partial charge in [0.05, 0.1) is 9.70 Å². The van der Waals surface area contributed by atoms with Gasteiger partial charge < -0.3 is 10.6 Å². The first-order valence-electron chi connectivity index (χ1n) is 7.41. The van der Waals surface area contributed by atoms with Crippen molar-refractivity contribution in [1.82, 2.24) is 4.90 Å². The summed E-state index contributed by atoms with van der Waals surface area (Å²) in [5.74, 6) is 0.286. The van der Waals surface area contributed by atoms with Crippen molar-refractivity contribution in [2.45, 2.75) is 24.8 Å². The highest BCUT2D eigenvalue weighted by Gasteiger charge is 2.35. The van der Waals surface area contributed by atoms with E-state index in [2.05, 4.69) is 28.1 Å². The molecule has 1 saturated heterocycles. The Morgan fingerprint density at radius 3 is 2.64 bits per heavy atom. The molecule has 2 heterocycles. The molecule has 3 rings (SSSR count). The molecular formula is C17H19BrN2OS. The minimum atomic E-state index is -0.113. The highest BCUT2D eigenvalue weighted by atomic mass is 79.9. The summed E-state index contributed by atoms with van der Waals surface area (Å²) < 4.78 is 1.06. The van der Waals surface area contributed by atoms with Crippen LogP contribution in [-0.4, -0.2) is 29.9 Å². The number of nitrogens with two attached hydrogens (primary N) is 1. The second-order valence-corrected chi connectivity index (χ2v) is 8.28. The predicted molar refractivity (Wildman–Crippen MR) is 94.2 cm³/mol. The van der Waals surface area contributed by atoms with Crippen LogP contribution in [0.25, 0.3) is 0 Å². The summed E-state index contributed by atoms with van der Waals surface area (Å²) in [7, 11) is 0. The van der Waals surface area contributed by atoms with Crippen LogP contribution in [0.1, 0.15) is 29.2 Å². The molecule has 3 nitrogen and oxygen atoms in total. The van der Waals surface area contributed by atoms with Gasteiger partial charge in [0.1, 0.15) is 0 Å². The SMILES string of the molecule is CC(C(=O)N1C[C@@H](N)[C@H](c2ccccc2)C1)c1ccc(Br)s1. The van der Waals surface area contributed by atoms with E-state index in [-0.39, 0.29) is 23.8 Å². The van der Waals surface area contributed by atoms with E-state index in [0.717, 1.165) is 8.66 Å². The molecule has 1 fully saturated rings. The van der Waals surface area contributed by atoms with Crippen LogP contribution in [0.2, 0.25) is 0 Å². The van der Waals surface area contributed by atoms with Crippen LogP contribution in [0, 0.1) is 0 Å². The van der Waals surface area contributed by atoms with Crippen molar-refractivity contribution in [1.29, 1.82) is 0 Å². The van der Waals surface area contributed by atoms with Crippen molar-refractivity contribution in [2.24, 2.45) is 5.73 Å². The third kappa shape index (κ3) is 3.12. The van der Waals surface area contributed by atoms with Gasteiger partial charge in [0.25, 0.3) is 0 Å². The predicted octanol–water partition coefficient (Wildman–Crippen LogP) is 3.57. The van der Waals surface area contributed by atoms with E-state index >= 15 is 0 Å². The summed E-state index contributed by atoms with van der Waals surface area (Å²) in [6.07, 6.45) is 0.